The van der Waals surface area contributed by atoms with Crippen LogP contribution in [0.15, 0.2) is 11.6 Å². The Bertz CT molecular complexity index is 431. The maximum absolute atomic E-state index is 11.2. The molecule has 2 saturated carbocycles. The van der Waals surface area contributed by atoms with Gasteiger partial charge in [-0.1, -0.05) is 19.9 Å². The number of aliphatic hydroxyl groups is 3. The average Bonchev–Trinajstić information content (AvgIpc) is 2.58. The van der Waals surface area contributed by atoms with Crippen molar-refractivity contribution < 1.29 is 15.3 Å². The molecule has 3 rings (SSSR count). The van der Waals surface area contributed by atoms with Crippen LogP contribution in [0.25, 0.3) is 0 Å². The van der Waals surface area contributed by atoms with Gasteiger partial charge in [0.15, 0.2) is 0 Å². The number of hydrogen-bond donors (Lipinski definition) is 3. The van der Waals surface area contributed by atoms with E-state index in [0.29, 0.717) is 6.42 Å². The van der Waals surface area contributed by atoms with Crippen molar-refractivity contribution in [3.8, 4) is 0 Å². The van der Waals surface area contributed by atoms with Gasteiger partial charge < -0.3 is 15.3 Å². The molecule has 18 heavy (non-hydrogen) atoms. The van der Waals surface area contributed by atoms with E-state index >= 15 is 0 Å². The molecule has 102 valence electrons. The zero-order valence-corrected chi connectivity index (χ0v) is 11.5. The lowest BCUT2D eigenvalue weighted by Gasteiger charge is -2.65. The summed E-state index contributed by atoms with van der Waals surface area (Å²) in [5.41, 5.74) is -1.36. The molecule has 0 aromatic rings. The summed E-state index contributed by atoms with van der Waals surface area (Å²) in [6, 6.07) is 0. The number of fused-ring (bicyclic) bond motifs is 3. The molecule has 0 aliphatic heterocycles. The highest BCUT2D eigenvalue weighted by molar-refractivity contribution is 5.37. The zero-order valence-electron chi connectivity index (χ0n) is 11.5. The molecule has 0 heterocycles. The van der Waals surface area contributed by atoms with Crippen LogP contribution in [-0.2, 0) is 0 Å². The van der Waals surface area contributed by atoms with E-state index in [-0.39, 0.29) is 17.9 Å². The molecule has 2 fully saturated rings. The zero-order chi connectivity index (χ0) is 13.4. The van der Waals surface area contributed by atoms with Crippen LogP contribution in [0.3, 0.4) is 0 Å². The van der Waals surface area contributed by atoms with Crippen molar-refractivity contribution in [2.45, 2.75) is 57.7 Å². The van der Waals surface area contributed by atoms with E-state index in [4.69, 9.17) is 0 Å². The third kappa shape index (κ3) is 1.12. The molecule has 3 heteroatoms. The van der Waals surface area contributed by atoms with E-state index in [2.05, 4.69) is 6.08 Å². The van der Waals surface area contributed by atoms with Crippen LogP contribution < -0.4 is 0 Å². The summed E-state index contributed by atoms with van der Waals surface area (Å²) in [4.78, 5) is 0. The molecule has 0 bridgehead atoms. The minimum atomic E-state index is -0.864. The molecule has 3 N–H and O–H groups in total. The monoisotopic (exact) mass is 252 g/mol. The summed E-state index contributed by atoms with van der Waals surface area (Å²) in [5.74, 6) is 0.0697. The van der Waals surface area contributed by atoms with E-state index in [0.717, 1.165) is 24.8 Å². The maximum atomic E-state index is 11.2. The Morgan fingerprint density at radius 3 is 2.44 bits per heavy atom. The fourth-order valence-electron chi connectivity index (χ4n) is 4.86. The fourth-order valence-corrected chi connectivity index (χ4v) is 4.86. The highest BCUT2D eigenvalue weighted by Gasteiger charge is 2.72. The molecule has 5 atom stereocenters. The summed E-state index contributed by atoms with van der Waals surface area (Å²) in [6.45, 7) is 6.13. The Balaban J connectivity index is 2.10. The molecule has 3 aliphatic rings. The Morgan fingerprint density at radius 2 is 1.94 bits per heavy atom. The number of hydrogen-bond acceptors (Lipinski definition) is 3. The van der Waals surface area contributed by atoms with Crippen LogP contribution in [0, 0.1) is 16.7 Å². The minimum absolute atomic E-state index is 0.0697. The Hall–Kier alpha value is -0.380. The summed E-state index contributed by atoms with van der Waals surface area (Å²) in [6.07, 6.45) is 5.06. The molecule has 5 unspecified atom stereocenters. The summed E-state index contributed by atoms with van der Waals surface area (Å²) < 4.78 is 0. The van der Waals surface area contributed by atoms with Crippen molar-refractivity contribution in [1.29, 1.82) is 0 Å². The van der Waals surface area contributed by atoms with Crippen molar-refractivity contribution in [2.75, 3.05) is 6.61 Å². The van der Waals surface area contributed by atoms with E-state index < -0.39 is 16.6 Å². The van der Waals surface area contributed by atoms with Gasteiger partial charge in [-0.2, -0.15) is 0 Å². The van der Waals surface area contributed by atoms with Gasteiger partial charge in [-0.25, -0.2) is 0 Å². The highest BCUT2D eigenvalue weighted by Crippen LogP contribution is 2.69. The van der Waals surface area contributed by atoms with Crippen molar-refractivity contribution in [1.82, 2.24) is 0 Å². The molecule has 3 nitrogen and oxygen atoms in total. The van der Waals surface area contributed by atoms with Gasteiger partial charge in [0.1, 0.15) is 0 Å². The second-order valence-corrected chi connectivity index (χ2v) is 7.42. The molecule has 0 radical (unpaired) electrons. The van der Waals surface area contributed by atoms with Crippen LogP contribution >= 0.6 is 0 Å². The maximum Gasteiger partial charge on any atom is 0.0935 e. The molecular formula is C15H24O3. The van der Waals surface area contributed by atoms with E-state index in [9.17, 15) is 15.3 Å². The fraction of sp³-hybridized carbons (Fsp3) is 0.867. The SMILES string of the molecule is CC1=CC2CC(C)(CO)CC2(O)C2(C)CCC12O. The van der Waals surface area contributed by atoms with E-state index in [1.807, 2.05) is 20.8 Å². The van der Waals surface area contributed by atoms with Crippen LogP contribution in [-0.4, -0.2) is 33.1 Å². The topological polar surface area (TPSA) is 60.7 Å². The average molecular weight is 252 g/mol. The van der Waals surface area contributed by atoms with Gasteiger partial charge in [-0.3, -0.25) is 0 Å². The van der Waals surface area contributed by atoms with Crippen LogP contribution in [0.1, 0.15) is 46.5 Å². The largest absolute Gasteiger partial charge is 0.396 e. The van der Waals surface area contributed by atoms with Gasteiger partial charge in [-0.05, 0) is 43.6 Å². The Morgan fingerprint density at radius 1 is 1.28 bits per heavy atom. The van der Waals surface area contributed by atoms with Crippen LogP contribution in [0.2, 0.25) is 0 Å². The third-order valence-corrected chi connectivity index (χ3v) is 6.36. The highest BCUT2D eigenvalue weighted by atomic mass is 16.3. The first kappa shape index (κ1) is 12.6. The molecule has 0 aromatic heterocycles. The summed E-state index contributed by atoms with van der Waals surface area (Å²) >= 11 is 0. The van der Waals surface area contributed by atoms with Gasteiger partial charge in [0.25, 0.3) is 0 Å². The lowest BCUT2D eigenvalue weighted by molar-refractivity contribution is -0.248. The molecular weight excluding hydrogens is 228 g/mol. The number of aliphatic hydroxyl groups excluding tert-OH is 1. The summed E-state index contributed by atoms with van der Waals surface area (Å²) in [5, 5.41) is 31.6. The second kappa shape index (κ2) is 3.20. The summed E-state index contributed by atoms with van der Waals surface area (Å²) in [7, 11) is 0. The first-order valence-corrected chi connectivity index (χ1v) is 6.95. The third-order valence-electron chi connectivity index (χ3n) is 6.36. The predicted octanol–water partition coefficient (Wildman–Crippen LogP) is 1.62. The quantitative estimate of drug-likeness (QED) is 0.621. The molecule has 0 amide bonds. The van der Waals surface area contributed by atoms with Gasteiger partial charge in [0.05, 0.1) is 11.2 Å². The number of rotatable bonds is 1. The normalized spacial score (nSPS) is 58.6. The Labute approximate surface area is 109 Å². The van der Waals surface area contributed by atoms with E-state index in [1.54, 1.807) is 0 Å². The second-order valence-electron chi connectivity index (χ2n) is 7.42. The van der Waals surface area contributed by atoms with Crippen molar-refractivity contribution in [2.24, 2.45) is 16.7 Å². The molecule has 0 saturated heterocycles. The minimum Gasteiger partial charge on any atom is -0.396 e. The van der Waals surface area contributed by atoms with Gasteiger partial charge in [-0.15, -0.1) is 0 Å². The molecule has 3 aliphatic carbocycles. The van der Waals surface area contributed by atoms with Crippen LogP contribution in [0.4, 0.5) is 0 Å². The van der Waals surface area contributed by atoms with Crippen LogP contribution in [0.5, 0.6) is 0 Å². The van der Waals surface area contributed by atoms with Crippen molar-refractivity contribution >= 4 is 0 Å². The standard InChI is InChI=1S/C15H24O3/c1-10-6-11-7-12(2,9-16)8-15(11,18)13(3)4-5-14(10,13)17/h6,11,16-18H,4-5,7-9H2,1-3H3. The molecule has 0 spiro atoms. The van der Waals surface area contributed by atoms with Gasteiger partial charge >= 0.3 is 0 Å². The van der Waals surface area contributed by atoms with Crippen molar-refractivity contribution in [3.63, 3.8) is 0 Å². The molecule has 0 aromatic carbocycles. The Kier molecular flexibility index (Phi) is 2.24. The first-order chi connectivity index (χ1) is 8.21. The van der Waals surface area contributed by atoms with Gasteiger partial charge in [0, 0.05) is 17.9 Å². The first-order valence-electron chi connectivity index (χ1n) is 6.95. The predicted molar refractivity (Wildman–Crippen MR) is 68.9 cm³/mol. The lowest BCUT2D eigenvalue weighted by atomic mass is 9.44. The smallest absolute Gasteiger partial charge is 0.0935 e. The van der Waals surface area contributed by atoms with Gasteiger partial charge in [0.2, 0.25) is 0 Å². The lowest BCUT2D eigenvalue weighted by Crippen LogP contribution is -2.70. The van der Waals surface area contributed by atoms with E-state index in [1.165, 1.54) is 0 Å². The van der Waals surface area contributed by atoms with Crippen molar-refractivity contribution in [3.05, 3.63) is 11.6 Å².